The molecule has 474 valence electrons. The van der Waals surface area contributed by atoms with E-state index in [1.165, 1.54) is 302 Å². The molecule has 1 unspecified atom stereocenters. The van der Waals surface area contributed by atoms with E-state index in [1.807, 2.05) is 0 Å². The van der Waals surface area contributed by atoms with Crippen molar-refractivity contribution in [3.63, 3.8) is 0 Å². The number of hydrogen-bond acceptors (Lipinski definition) is 5. The van der Waals surface area contributed by atoms with Crippen LogP contribution in [0.1, 0.15) is 393 Å². The molecule has 0 aromatic heterocycles. The molecule has 0 spiro atoms. The Bertz CT molecular complexity index is 1380. The Morgan fingerprint density at radius 3 is 0.802 bits per heavy atom. The van der Waals surface area contributed by atoms with Crippen LogP contribution >= 0.6 is 0 Å². The minimum atomic E-state index is -0.770. The normalized spacial score (nSPS) is 12.5. The molecule has 0 aromatic rings. The summed E-state index contributed by atoms with van der Waals surface area (Å²) in [6.07, 6.45) is 98.5. The van der Waals surface area contributed by atoms with Gasteiger partial charge in [-0.3, -0.25) is 9.59 Å². The highest BCUT2D eigenvalue weighted by atomic mass is 16.6. The van der Waals surface area contributed by atoms with Gasteiger partial charge in [0, 0.05) is 12.8 Å². The molecule has 0 saturated heterocycles. The monoisotopic (exact) mass is 1130 g/mol. The zero-order chi connectivity index (χ0) is 58.4. The van der Waals surface area contributed by atoms with E-state index in [0.29, 0.717) is 12.8 Å². The Kier molecular flexibility index (Phi) is 69.7. The van der Waals surface area contributed by atoms with Crippen LogP contribution in [-0.2, 0) is 19.1 Å². The number of carbonyl (C=O) groups excluding carboxylic acids is 2. The van der Waals surface area contributed by atoms with Gasteiger partial charge in [0.25, 0.3) is 0 Å². The van der Waals surface area contributed by atoms with E-state index < -0.39 is 6.10 Å². The second-order valence-electron chi connectivity index (χ2n) is 24.7. The van der Waals surface area contributed by atoms with Crippen LogP contribution in [0, 0.1) is 0 Å². The van der Waals surface area contributed by atoms with Crippen molar-refractivity contribution in [2.24, 2.45) is 0 Å². The number of allylic oxidation sites excluding steroid dienone is 10. The fourth-order valence-electron chi connectivity index (χ4n) is 11.2. The first kappa shape index (κ1) is 78.6. The minimum Gasteiger partial charge on any atom is -0.462 e. The van der Waals surface area contributed by atoms with Gasteiger partial charge in [0.2, 0.25) is 0 Å². The zero-order valence-corrected chi connectivity index (χ0v) is 54.6. The molecule has 0 aromatic carbocycles. The molecule has 0 bridgehead atoms. The van der Waals surface area contributed by atoms with Crippen molar-refractivity contribution in [3.05, 3.63) is 60.8 Å². The highest BCUT2D eigenvalue weighted by Gasteiger charge is 2.16. The predicted octanol–water partition coefficient (Wildman–Crippen LogP) is 25.3. The summed E-state index contributed by atoms with van der Waals surface area (Å²) in [5.41, 5.74) is 0. The van der Waals surface area contributed by atoms with Crippen molar-refractivity contribution in [2.75, 3.05) is 13.2 Å². The molecule has 0 saturated carbocycles. The van der Waals surface area contributed by atoms with Gasteiger partial charge in [-0.2, -0.15) is 0 Å². The van der Waals surface area contributed by atoms with Crippen molar-refractivity contribution >= 4 is 11.9 Å². The molecule has 0 aliphatic carbocycles. The van der Waals surface area contributed by atoms with Crippen LogP contribution in [0.3, 0.4) is 0 Å². The van der Waals surface area contributed by atoms with Crippen molar-refractivity contribution in [2.45, 2.75) is 399 Å². The lowest BCUT2D eigenvalue weighted by molar-refractivity contribution is -0.161. The third-order valence-electron chi connectivity index (χ3n) is 16.6. The summed E-state index contributed by atoms with van der Waals surface area (Å²) in [7, 11) is 0. The summed E-state index contributed by atoms with van der Waals surface area (Å²) < 4.78 is 10.8. The van der Waals surface area contributed by atoms with Crippen molar-refractivity contribution < 1.29 is 24.2 Å². The number of aliphatic hydroxyl groups is 1. The van der Waals surface area contributed by atoms with Crippen LogP contribution in [0.5, 0.6) is 0 Å². The van der Waals surface area contributed by atoms with Crippen LogP contribution in [-0.4, -0.2) is 36.4 Å². The average molecular weight is 1130 g/mol. The summed E-state index contributed by atoms with van der Waals surface area (Å²) in [4.78, 5) is 24.7. The summed E-state index contributed by atoms with van der Waals surface area (Å²) in [5, 5.41) is 9.71. The Morgan fingerprint density at radius 1 is 0.296 bits per heavy atom. The molecular formula is C76H140O5. The molecule has 1 N–H and O–H groups in total. The van der Waals surface area contributed by atoms with Crippen molar-refractivity contribution in [1.29, 1.82) is 0 Å². The maximum absolute atomic E-state index is 12.4. The van der Waals surface area contributed by atoms with Crippen LogP contribution in [0.15, 0.2) is 60.8 Å². The maximum Gasteiger partial charge on any atom is 0.306 e. The van der Waals surface area contributed by atoms with Crippen LogP contribution in [0.25, 0.3) is 0 Å². The lowest BCUT2D eigenvalue weighted by atomic mass is 10.0. The van der Waals surface area contributed by atoms with E-state index in [9.17, 15) is 14.7 Å². The molecule has 81 heavy (non-hydrogen) atoms. The molecule has 0 radical (unpaired) electrons. The van der Waals surface area contributed by atoms with Gasteiger partial charge >= 0.3 is 11.9 Å². The number of carbonyl (C=O) groups is 2. The van der Waals surface area contributed by atoms with E-state index in [0.717, 1.165) is 64.2 Å². The average Bonchev–Trinajstić information content (AvgIpc) is 3.47. The van der Waals surface area contributed by atoms with Gasteiger partial charge in [-0.05, 0) is 57.8 Å². The van der Waals surface area contributed by atoms with E-state index >= 15 is 0 Å². The number of hydrogen-bond donors (Lipinski definition) is 1. The van der Waals surface area contributed by atoms with Gasteiger partial charge in [0.15, 0.2) is 6.10 Å². The number of rotatable bonds is 68. The number of aliphatic hydroxyl groups excluding tert-OH is 1. The highest BCUT2D eigenvalue weighted by molar-refractivity contribution is 5.70. The van der Waals surface area contributed by atoms with Gasteiger partial charge in [-0.25, -0.2) is 0 Å². The predicted molar refractivity (Wildman–Crippen MR) is 357 cm³/mol. The summed E-state index contributed by atoms with van der Waals surface area (Å²) >= 11 is 0. The molecule has 0 aliphatic heterocycles. The Morgan fingerprint density at radius 2 is 0.531 bits per heavy atom. The molecule has 0 aliphatic rings. The van der Waals surface area contributed by atoms with Crippen molar-refractivity contribution in [1.82, 2.24) is 0 Å². The Balaban J connectivity index is 3.38. The quantitative estimate of drug-likeness (QED) is 0.0373. The van der Waals surface area contributed by atoms with Gasteiger partial charge in [0.05, 0.1) is 6.61 Å². The molecule has 0 heterocycles. The van der Waals surface area contributed by atoms with Crippen LogP contribution in [0.4, 0.5) is 0 Å². The van der Waals surface area contributed by atoms with E-state index in [4.69, 9.17) is 9.47 Å². The molecule has 0 rings (SSSR count). The molecule has 5 heteroatoms. The van der Waals surface area contributed by atoms with Gasteiger partial charge in [0.1, 0.15) is 6.61 Å². The largest absolute Gasteiger partial charge is 0.462 e. The Labute approximate surface area is 506 Å². The molecule has 5 nitrogen and oxygen atoms in total. The lowest BCUT2D eigenvalue weighted by Gasteiger charge is -2.15. The minimum absolute atomic E-state index is 0.0591. The highest BCUT2D eigenvalue weighted by Crippen LogP contribution is 2.19. The summed E-state index contributed by atoms with van der Waals surface area (Å²) in [5.74, 6) is -0.565. The standard InChI is InChI=1S/C76H140O5/c1-3-5-7-9-11-13-15-17-19-21-23-25-27-29-31-33-34-35-36-37-38-39-40-41-42-43-45-47-49-51-53-55-57-59-61-63-65-67-69-71-76(79)81-74(72-77)73-80-75(78)70-68-66-64-62-60-58-56-54-52-50-48-46-44-32-30-28-26-24-22-20-18-16-14-12-10-8-6-4-2/h5,7,11,13,17,19,23,25,29,31,74,77H,3-4,6,8-10,12,14-16,18,20-22,24,26-28,30,32-73H2,1-2H3/b7-5-,13-11-,19-17-,25-23-,31-29-. The first-order valence-corrected chi connectivity index (χ1v) is 36.3. The topological polar surface area (TPSA) is 72.8 Å². The second-order valence-corrected chi connectivity index (χ2v) is 24.7. The first-order valence-electron chi connectivity index (χ1n) is 36.3. The maximum atomic E-state index is 12.4. The van der Waals surface area contributed by atoms with Gasteiger partial charge in [-0.15, -0.1) is 0 Å². The van der Waals surface area contributed by atoms with E-state index in [-0.39, 0.29) is 25.2 Å². The molecule has 0 fully saturated rings. The van der Waals surface area contributed by atoms with E-state index in [1.54, 1.807) is 0 Å². The third-order valence-corrected chi connectivity index (χ3v) is 16.6. The van der Waals surface area contributed by atoms with Crippen LogP contribution < -0.4 is 0 Å². The smallest absolute Gasteiger partial charge is 0.306 e. The number of unbranched alkanes of at least 4 members (excludes halogenated alkanes) is 50. The van der Waals surface area contributed by atoms with Gasteiger partial charge < -0.3 is 14.6 Å². The molecular weight excluding hydrogens is 993 g/mol. The SMILES string of the molecule is CC/C=C\C/C=C\C/C=C\C/C=C\C/C=C\CCCCCCCCCCCCCCCCCCCCCCCCCC(=O)OC(CO)COC(=O)CCCCCCCCCCCCCCCCCCCCCCCCCCCCCC. The fraction of sp³-hybridized carbons (Fsp3) is 0.842. The van der Waals surface area contributed by atoms with Crippen molar-refractivity contribution in [3.8, 4) is 0 Å². The fourth-order valence-corrected chi connectivity index (χ4v) is 11.2. The Hall–Kier alpha value is -2.40. The molecule has 0 amide bonds. The number of ether oxygens (including phenoxy) is 2. The van der Waals surface area contributed by atoms with Crippen LogP contribution in [0.2, 0.25) is 0 Å². The molecule has 1 atom stereocenters. The number of esters is 2. The zero-order valence-electron chi connectivity index (χ0n) is 54.6. The lowest BCUT2D eigenvalue weighted by Crippen LogP contribution is -2.28. The third kappa shape index (κ3) is 70.0. The summed E-state index contributed by atoms with van der Waals surface area (Å²) in [6, 6.07) is 0. The second kappa shape index (κ2) is 71.9. The van der Waals surface area contributed by atoms with Gasteiger partial charge in [-0.1, -0.05) is 383 Å². The first-order chi connectivity index (χ1) is 40.1. The summed E-state index contributed by atoms with van der Waals surface area (Å²) in [6.45, 7) is 4.09. The van der Waals surface area contributed by atoms with E-state index in [2.05, 4.69) is 74.6 Å².